The Hall–Kier alpha value is -1.11. The zero-order valence-corrected chi connectivity index (χ0v) is 19.9. The number of rotatable bonds is 7. The number of thiazole rings is 1. The molecule has 146 valence electrons. The normalized spacial score (nSPS) is 14.9. The molecular formula is C23H24ClIN2S. The average molecular weight is 523 g/mol. The standard InChI is InChI=1S/C23H24ClIN2S/c1-3-13-27(22(17-9-10-17)16-7-5-4-6-8-16)23-26-21(15(2)28-23)19-12-11-18(25)14-20(19)24/h4-8,11-12,14,17,22H,3,9-10,13H2,1-2H3. The molecule has 1 atom stereocenters. The van der Waals surface area contributed by atoms with Crippen LogP contribution in [-0.2, 0) is 0 Å². The molecule has 1 fully saturated rings. The lowest BCUT2D eigenvalue weighted by atomic mass is 10.0. The molecule has 1 aliphatic carbocycles. The van der Waals surface area contributed by atoms with Crippen LogP contribution in [0.5, 0.6) is 0 Å². The van der Waals surface area contributed by atoms with Crippen molar-refractivity contribution in [3.8, 4) is 11.3 Å². The summed E-state index contributed by atoms with van der Waals surface area (Å²) in [5, 5.41) is 1.89. The predicted octanol–water partition coefficient (Wildman–Crippen LogP) is 7.74. The van der Waals surface area contributed by atoms with E-state index >= 15 is 0 Å². The number of benzene rings is 2. The van der Waals surface area contributed by atoms with Gasteiger partial charge in [-0.05, 0) is 72.4 Å². The Morgan fingerprint density at radius 3 is 2.61 bits per heavy atom. The van der Waals surface area contributed by atoms with Crippen molar-refractivity contribution in [2.24, 2.45) is 5.92 Å². The second-order valence-electron chi connectivity index (χ2n) is 7.41. The maximum absolute atomic E-state index is 6.55. The first kappa shape index (κ1) is 20.2. The van der Waals surface area contributed by atoms with Crippen molar-refractivity contribution >= 4 is 50.7 Å². The summed E-state index contributed by atoms with van der Waals surface area (Å²) in [4.78, 5) is 8.86. The molecule has 1 saturated carbocycles. The Morgan fingerprint density at radius 1 is 1.21 bits per heavy atom. The van der Waals surface area contributed by atoms with Crippen LogP contribution in [0.3, 0.4) is 0 Å². The van der Waals surface area contributed by atoms with Crippen LogP contribution in [0, 0.1) is 16.4 Å². The van der Waals surface area contributed by atoms with Gasteiger partial charge in [0.05, 0.1) is 16.8 Å². The summed E-state index contributed by atoms with van der Waals surface area (Å²) >= 11 is 10.6. The van der Waals surface area contributed by atoms with Gasteiger partial charge in [-0.3, -0.25) is 0 Å². The van der Waals surface area contributed by atoms with E-state index in [2.05, 4.69) is 83.8 Å². The third kappa shape index (κ3) is 4.24. The minimum absolute atomic E-state index is 0.409. The summed E-state index contributed by atoms with van der Waals surface area (Å²) < 4.78 is 1.14. The monoisotopic (exact) mass is 522 g/mol. The van der Waals surface area contributed by atoms with Crippen LogP contribution in [0.2, 0.25) is 5.02 Å². The van der Waals surface area contributed by atoms with Gasteiger partial charge in [0.1, 0.15) is 0 Å². The fraction of sp³-hybridized carbons (Fsp3) is 0.348. The zero-order valence-electron chi connectivity index (χ0n) is 16.2. The van der Waals surface area contributed by atoms with E-state index < -0.39 is 0 Å². The number of aryl methyl sites for hydroxylation is 1. The molecule has 1 aromatic heterocycles. The minimum atomic E-state index is 0.409. The number of anilines is 1. The van der Waals surface area contributed by atoms with E-state index in [4.69, 9.17) is 16.6 Å². The highest BCUT2D eigenvalue weighted by Gasteiger charge is 2.37. The number of nitrogens with zero attached hydrogens (tertiary/aromatic N) is 2. The maximum Gasteiger partial charge on any atom is 0.186 e. The second kappa shape index (κ2) is 8.72. The minimum Gasteiger partial charge on any atom is -0.341 e. The summed E-state index contributed by atoms with van der Waals surface area (Å²) in [6.07, 6.45) is 3.72. The van der Waals surface area contributed by atoms with Gasteiger partial charge in [-0.25, -0.2) is 4.98 Å². The fourth-order valence-corrected chi connectivity index (χ4v) is 5.73. The zero-order chi connectivity index (χ0) is 19.7. The lowest BCUT2D eigenvalue weighted by molar-refractivity contribution is 0.552. The average Bonchev–Trinajstić information content (AvgIpc) is 3.44. The van der Waals surface area contributed by atoms with Gasteiger partial charge in [0.2, 0.25) is 0 Å². The Kier molecular flexibility index (Phi) is 6.28. The molecule has 28 heavy (non-hydrogen) atoms. The van der Waals surface area contributed by atoms with Crippen molar-refractivity contribution in [1.82, 2.24) is 4.98 Å². The number of hydrogen-bond donors (Lipinski definition) is 0. The third-order valence-corrected chi connectivity index (χ3v) is 7.22. The molecule has 1 unspecified atom stereocenters. The van der Waals surface area contributed by atoms with E-state index in [-0.39, 0.29) is 0 Å². The Bertz CT molecular complexity index is 952. The van der Waals surface area contributed by atoms with Crippen LogP contribution in [0.25, 0.3) is 11.3 Å². The Labute approximate surface area is 190 Å². The van der Waals surface area contributed by atoms with Crippen LogP contribution >= 0.6 is 45.5 Å². The highest BCUT2D eigenvalue weighted by molar-refractivity contribution is 14.1. The van der Waals surface area contributed by atoms with Gasteiger partial charge in [-0.15, -0.1) is 11.3 Å². The summed E-state index contributed by atoms with van der Waals surface area (Å²) in [6.45, 7) is 5.42. The molecule has 5 heteroatoms. The van der Waals surface area contributed by atoms with E-state index in [1.165, 1.54) is 23.3 Å². The molecule has 4 rings (SSSR count). The van der Waals surface area contributed by atoms with Gasteiger partial charge in [0.25, 0.3) is 0 Å². The Morgan fingerprint density at radius 2 is 1.96 bits per heavy atom. The molecule has 2 aromatic carbocycles. The molecule has 2 nitrogen and oxygen atoms in total. The van der Waals surface area contributed by atoms with E-state index in [1.54, 1.807) is 11.3 Å². The Balaban J connectivity index is 1.74. The van der Waals surface area contributed by atoms with Crippen LogP contribution in [0.1, 0.15) is 42.7 Å². The molecule has 0 aliphatic heterocycles. The molecule has 3 aromatic rings. The van der Waals surface area contributed by atoms with Gasteiger partial charge in [0.15, 0.2) is 5.13 Å². The topological polar surface area (TPSA) is 16.1 Å². The van der Waals surface area contributed by atoms with E-state index in [0.717, 1.165) is 43.9 Å². The van der Waals surface area contributed by atoms with Gasteiger partial charge in [-0.1, -0.05) is 54.9 Å². The second-order valence-corrected chi connectivity index (χ2v) is 10.2. The van der Waals surface area contributed by atoms with Crippen molar-refractivity contribution < 1.29 is 0 Å². The molecule has 0 amide bonds. The summed E-state index contributed by atoms with van der Waals surface area (Å²) in [5.74, 6) is 0.725. The van der Waals surface area contributed by atoms with Crippen molar-refractivity contribution in [2.75, 3.05) is 11.4 Å². The number of aromatic nitrogens is 1. The quantitative estimate of drug-likeness (QED) is 0.295. The molecule has 1 heterocycles. The fourth-order valence-electron chi connectivity index (χ4n) is 3.80. The third-order valence-electron chi connectivity index (χ3n) is 5.23. The largest absolute Gasteiger partial charge is 0.341 e. The molecule has 1 aliphatic rings. The molecule has 0 radical (unpaired) electrons. The highest BCUT2D eigenvalue weighted by atomic mass is 127. The van der Waals surface area contributed by atoms with Crippen LogP contribution in [-0.4, -0.2) is 11.5 Å². The van der Waals surface area contributed by atoms with E-state index in [0.29, 0.717) is 6.04 Å². The van der Waals surface area contributed by atoms with Gasteiger partial charge in [0, 0.05) is 20.6 Å². The first-order valence-corrected chi connectivity index (χ1v) is 12.1. The van der Waals surface area contributed by atoms with E-state index in [9.17, 15) is 0 Å². The first-order valence-electron chi connectivity index (χ1n) is 9.83. The van der Waals surface area contributed by atoms with Gasteiger partial charge < -0.3 is 4.90 Å². The van der Waals surface area contributed by atoms with Crippen molar-refractivity contribution in [2.45, 2.75) is 39.2 Å². The first-order chi connectivity index (χ1) is 13.6. The molecule has 0 N–H and O–H groups in total. The summed E-state index contributed by atoms with van der Waals surface area (Å²) in [7, 11) is 0. The lowest BCUT2D eigenvalue weighted by Crippen LogP contribution is -2.31. The number of hydrogen-bond acceptors (Lipinski definition) is 3. The number of halogens is 2. The SMILES string of the molecule is CCCN(c1nc(-c2ccc(I)cc2Cl)c(C)s1)C(c1ccccc1)C1CC1. The smallest absolute Gasteiger partial charge is 0.186 e. The lowest BCUT2D eigenvalue weighted by Gasteiger charge is -2.32. The van der Waals surface area contributed by atoms with Crippen molar-refractivity contribution in [3.63, 3.8) is 0 Å². The van der Waals surface area contributed by atoms with E-state index in [1.807, 2.05) is 6.07 Å². The van der Waals surface area contributed by atoms with Crippen LogP contribution in [0.4, 0.5) is 5.13 Å². The van der Waals surface area contributed by atoms with Crippen molar-refractivity contribution in [1.29, 1.82) is 0 Å². The molecule has 0 bridgehead atoms. The van der Waals surface area contributed by atoms with Crippen LogP contribution in [0.15, 0.2) is 48.5 Å². The maximum atomic E-state index is 6.55. The van der Waals surface area contributed by atoms with Crippen molar-refractivity contribution in [3.05, 3.63) is 67.6 Å². The van der Waals surface area contributed by atoms with Gasteiger partial charge in [-0.2, -0.15) is 0 Å². The summed E-state index contributed by atoms with van der Waals surface area (Å²) in [5.41, 5.74) is 3.45. The van der Waals surface area contributed by atoms with Crippen LogP contribution < -0.4 is 4.90 Å². The van der Waals surface area contributed by atoms with Gasteiger partial charge >= 0.3 is 0 Å². The molecule has 0 spiro atoms. The summed E-state index contributed by atoms with van der Waals surface area (Å²) in [6, 6.07) is 17.5. The molecular weight excluding hydrogens is 499 g/mol. The highest BCUT2D eigenvalue weighted by Crippen LogP contribution is 2.47. The molecule has 0 saturated heterocycles. The predicted molar refractivity (Wildman–Crippen MR) is 130 cm³/mol.